The average Bonchev–Trinajstić information content (AvgIpc) is 3.27. The lowest BCUT2D eigenvalue weighted by Gasteiger charge is -2.26. The molecule has 34 heavy (non-hydrogen) atoms. The summed E-state index contributed by atoms with van der Waals surface area (Å²) >= 11 is 0. The average molecular weight is 464 g/mol. The topological polar surface area (TPSA) is 75.4 Å². The fraction of sp³-hybridized carbons (Fsp3) is 0.556. The van der Waals surface area contributed by atoms with Gasteiger partial charge in [-0.05, 0) is 36.8 Å². The fourth-order valence-corrected chi connectivity index (χ4v) is 5.23. The highest BCUT2D eigenvalue weighted by Crippen LogP contribution is 2.36. The molecule has 0 atom stereocenters. The molecule has 3 heterocycles. The van der Waals surface area contributed by atoms with Crippen LogP contribution in [0.4, 0.5) is 5.95 Å². The Bertz CT molecular complexity index is 1050. The molecule has 0 radical (unpaired) electrons. The monoisotopic (exact) mass is 463 g/mol. The summed E-state index contributed by atoms with van der Waals surface area (Å²) < 4.78 is 7.89. The minimum atomic E-state index is 0.223. The lowest BCUT2D eigenvalue weighted by Crippen LogP contribution is -2.35. The molecule has 7 heteroatoms. The molecule has 1 saturated carbocycles. The zero-order chi connectivity index (χ0) is 23.2. The highest BCUT2D eigenvalue weighted by atomic mass is 16.5. The largest absolute Gasteiger partial charge is 0.396 e. The predicted octanol–water partition coefficient (Wildman–Crippen LogP) is 4.62. The second-order valence-corrected chi connectivity index (χ2v) is 9.62. The number of hydrogen-bond acceptors (Lipinski definition) is 6. The number of aromatic nitrogens is 3. The fourth-order valence-electron chi connectivity index (χ4n) is 5.23. The lowest BCUT2D eigenvalue weighted by atomic mass is 9.95. The van der Waals surface area contributed by atoms with Crippen molar-refractivity contribution < 1.29 is 9.84 Å². The van der Waals surface area contributed by atoms with Crippen LogP contribution in [0, 0.1) is 0 Å². The van der Waals surface area contributed by atoms with E-state index >= 15 is 0 Å². The van der Waals surface area contributed by atoms with Gasteiger partial charge in [-0.2, -0.15) is 4.98 Å². The molecule has 1 aromatic carbocycles. The molecule has 0 bridgehead atoms. The number of aliphatic hydroxyl groups excluding tert-OH is 1. The summed E-state index contributed by atoms with van der Waals surface area (Å²) in [6.07, 6.45) is 12.3. The first-order chi connectivity index (χ1) is 16.8. The molecule has 2 aromatic heterocycles. The van der Waals surface area contributed by atoms with E-state index in [1.54, 1.807) is 0 Å². The number of ether oxygens (including phenoxy) is 1. The van der Waals surface area contributed by atoms with E-state index in [2.05, 4.69) is 50.2 Å². The summed E-state index contributed by atoms with van der Waals surface area (Å²) in [6.45, 7) is 5.64. The summed E-state index contributed by atoms with van der Waals surface area (Å²) in [4.78, 5) is 12.0. The molecule has 2 aliphatic rings. The van der Waals surface area contributed by atoms with E-state index in [9.17, 15) is 0 Å². The van der Waals surface area contributed by atoms with Crippen LogP contribution < -0.4 is 5.32 Å². The van der Waals surface area contributed by atoms with E-state index < -0.39 is 0 Å². The Morgan fingerprint density at radius 1 is 1.03 bits per heavy atom. The van der Waals surface area contributed by atoms with E-state index in [0.29, 0.717) is 12.0 Å². The van der Waals surface area contributed by atoms with Crippen LogP contribution in [0.1, 0.15) is 56.6 Å². The van der Waals surface area contributed by atoms with E-state index in [0.717, 1.165) is 63.3 Å². The van der Waals surface area contributed by atoms with Gasteiger partial charge in [0.15, 0.2) is 0 Å². The Kier molecular flexibility index (Phi) is 7.73. The molecule has 0 unspecified atom stereocenters. The molecule has 0 amide bonds. The van der Waals surface area contributed by atoms with Crippen molar-refractivity contribution in [1.82, 2.24) is 19.4 Å². The van der Waals surface area contributed by atoms with Crippen molar-refractivity contribution in [1.29, 1.82) is 0 Å². The molecule has 2 N–H and O–H groups in total. The summed E-state index contributed by atoms with van der Waals surface area (Å²) in [6, 6.07) is 9.51. The quantitative estimate of drug-likeness (QED) is 0.451. The molecule has 1 aliphatic heterocycles. The minimum absolute atomic E-state index is 0.223. The highest BCUT2D eigenvalue weighted by Gasteiger charge is 2.21. The van der Waals surface area contributed by atoms with Gasteiger partial charge in [0, 0.05) is 62.2 Å². The number of rotatable bonds is 9. The van der Waals surface area contributed by atoms with Crippen molar-refractivity contribution in [2.75, 3.05) is 44.8 Å². The van der Waals surface area contributed by atoms with Crippen LogP contribution in [0.2, 0.25) is 0 Å². The van der Waals surface area contributed by atoms with Crippen molar-refractivity contribution in [3.05, 3.63) is 42.2 Å². The minimum Gasteiger partial charge on any atom is -0.396 e. The van der Waals surface area contributed by atoms with E-state index in [4.69, 9.17) is 14.8 Å². The third kappa shape index (κ3) is 5.43. The lowest BCUT2D eigenvalue weighted by molar-refractivity contribution is 0.0342. The number of morpholine rings is 1. The van der Waals surface area contributed by atoms with Gasteiger partial charge in [0.1, 0.15) is 5.65 Å². The molecule has 182 valence electrons. The Balaban J connectivity index is 1.41. The number of nitrogens with one attached hydrogen (secondary N) is 1. The van der Waals surface area contributed by atoms with Crippen molar-refractivity contribution in [2.24, 2.45) is 0 Å². The van der Waals surface area contributed by atoms with E-state index in [1.165, 1.54) is 48.8 Å². The van der Waals surface area contributed by atoms with Crippen LogP contribution in [0.3, 0.4) is 0 Å². The van der Waals surface area contributed by atoms with E-state index in [1.807, 2.05) is 6.20 Å². The third-order valence-corrected chi connectivity index (χ3v) is 7.18. The van der Waals surface area contributed by atoms with Gasteiger partial charge < -0.3 is 19.7 Å². The van der Waals surface area contributed by atoms with Gasteiger partial charge in [0.2, 0.25) is 5.95 Å². The number of unbranched alkanes of at least 4 members (excludes halogenated alkanes) is 1. The number of benzene rings is 1. The standard InChI is InChI=1S/C27H37N5O2/c33-15-5-4-12-28-27-29-18-24-25(20-32(26(24)30-27)23-6-2-1-3-7-23)22-10-8-21(9-11-22)19-31-13-16-34-17-14-31/h8-11,18,20,23,33H,1-7,12-17,19H2,(H,28,29,30). The molecule has 2 fully saturated rings. The molecule has 7 nitrogen and oxygen atoms in total. The van der Waals surface area contributed by atoms with Gasteiger partial charge in [0.05, 0.1) is 13.2 Å². The first-order valence-corrected chi connectivity index (χ1v) is 12.9. The van der Waals surface area contributed by atoms with Gasteiger partial charge in [-0.15, -0.1) is 0 Å². The Hall–Kier alpha value is -2.48. The van der Waals surface area contributed by atoms with Crippen LogP contribution in [0.15, 0.2) is 36.7 Å². The molecule has 1 saturated heterocycles. The highest BCUT2D eigenvalue weighted by molar-refractivity contribution is 5.94. The van der Waals surface area contributed by atoms with Crippen LogP contribution in [-0.4, -0.2) is 64.0 Å². The molecular formula is C27H37N5O2. The smallest absolute Gasteiger partial charge is 0.224 e. The number of anilines is 1. The van der Waals surface area contributed by atoms with Gasteiger partial charge >= 0.3 is 0 Å². The summed E-state index contributed by atoms with van der Waals surface area (Å²) in [7, 11) is 0. The van der Waals surface area contributed by atoms with Crippen LogP contribution in [0.5, 0.6) is 0 Å². The van der Waals surface area contributed by atoms with Gasteiger partial charge in [-0.3, -0.25) is 4.90 Å². The first kappa shape index (κ1) is 23.3. The number of fused-ring (bicyclic) bond motifs is 1. The molecule has 3 aromatic rings. The Morgan fingerprint density at radius 3 is 2.59 bits per heavy atom. The first-order valence-electron chi connectivity index (χ1n) is 12.9. The SMILES string of the molecule is OCCCCNc1ncc2c(-c3ccc(CN4CCOCC4)cc3)cn(C3CCCCC3)c2n1. The molecule has 1 aliphatic carbocycles. The Labute approximate surface area is 202 Å². The second-order valence-electron chi connectivity index (χ2n) is 9.62. The normalized spacial score (nSPS) is 17.9. The van der Waals surface area contributed by atoms with Gasteiger partial charge in [0.25, 0.3) is 0 Å². The Morgan fingerprint density at radius 2 is 1.82 bits per heavy atom. The molecule has 0 spiro atoms. The zero-order valence-corrected chi connectivity index (χ0v) is 20.1. The third-order valence-electron chi connectivity index (χ3n) is 7.18. The van der Waals surface area contributed by atoms with Gasteiger partial charge in [-0.25, -0.2) is 4.98 Å². The maximum atomic E-state index is 9.03. The predicted molar refractivity (Wildman–Crippen MR) is 136 cm³/mol. The van der Waals surface area contributed by atoms with Crippen LogP contribution in [-0.2, 0) is 11.3 Å². The van der Waals surface area contributed by atoms with Crippen LogP contribution in [0.25, 0.3) is 22.2 Å². The van der Waals surface area contributed by atoms with Crippen molar-refractivity contribution in [3.8, 4) is 11.1 Å². The van der Waals surface area contributed by atoms with Gasteiger partial charge in [-0.1, -0.05) is 43.5 Å². The number of aliphatic hydroxyl groups is 1. The molecule has 5 rings (SSSR count). The summed E-state index contributed by atoms with van der Waals surface area (Å²) in [5, 5.41) is 13.5. The second kappa shape index (κ2) is 11.3. The maximum absolute atomic E-state index is 9.03. The van der Waals surface area contributed by atoms with Crippen molar-refractivity contribution in [2.45, 2.75) is 57.5 Å². The summed E-state index contributed by atoms with van der Waals surface area (Å²) in [5.41, 5.74) is 4.80. The number of nitrogens with zero attached hydrogens (tertiary/aromatic N) is 4. The number of hydrogen-bond donors (Lipinski definition) is 2. The van der Waals surface area contributed by atoms with Crippen LogP contribution >= 0.6 is 0 Å². The van der Waals surface area contributed by atoms with E-state index in [-0.39, 0.29) is 6.61 Å². The van der Waals surface area contributed by atoms with Crippen molar-refractivity contribution in [3.63, 3.8) is 0 Å². The molecular weight excluding hydrogens is 426 g/mol. The summed E-state index contributed by atoms with van der Waals surface area (Å²) in [5.74, 6) is 0.674. The van der Waals surface area contributed by atoms with Crippen molar-refractivity contribution >= 4 is 17.0 Å². The maximum Gasteiger partial charge on any atom is 0.224 e. The zero-order valence-electron chi connectivity index (χ0n) is 20.1.